The summed E-state index contributed by atoms with van der Waals surface area (Å²) in [7, 11) is 0. The van der Waals surface area contributed by atoms with Crippen molar-refractivity contribution in [2.45, 2.75) is 26.9 Å². The number of nitrogens with zero attached hydrogens (tertiary/aromatic N) is 1. The fraction of sp³-hybridized carbons (Fsp3) is 0.250. The van der Waals surface area contributed by atoms with Gasteiger partial charge in [-0.15, -0.1) is 0 Å². The van der Waals surface area contributed by atoms with Crippen LogP contribution in [0.4, 0.5) is 10.6 Å². The Morgan fingerprint density at radius 2 is 1.92 bits per heavy atom. The zero-order chi connectivity index (χ0) is 18.8. The molecule has 0 aliphatic carbocycles. The number of alkyl carbamates (subject to hydrolysis) is 1. The van der Waals surface area contributed by atoms with E-state index in [1.165, 1.54) is 6.92 Å². The molecule has 0 unspecified atom stereocenters. The molecule has 0 radical (unpaired) electrons. The molecule has 0 atom stereocenters. The van der Waals surface area contributed by atoms with E-state index in [0.29, 0.717) is 18.8 Å². The molecule has 6 nitrogen and oxygen atoms in total. The van der Waals surface area contributed by atoms with Gasteiger partial charge in [0.1, 0.15) is 12.4 Å². The summed E-state index contributed by atoms with van der Waals surface area (Å²) in [5.41, 5.74) is 2.74. The maximum absolute atomic E-state index is 11.6. The third-order valence-corrected chi connectivity index (χ3v) is 3.52. The van der Waals surface area contributed by atoms with E-state index in [1.54, 1.807) is 6.07 Å². The molecule has 1 aromatic heterocycles. The molecule has 1 aromatic carbocycles. The molecule has 2 rings (SSSR count). The lowest BCUT2D eigenvalue weighted by Crippen LogP contribution is -2.24. The molecule has 6 heteroatoms. The first-order valence-corrected chi connectivity index (χ1v) is 8.41. The number of carbonyl (C=O) groups excluding carboxylic acids is 2. The van der Waals surface area contributed by atoms with Gasteiger partial charge >= 0.3 is 6.09 Å². The second kappa shape index (κ2) is 9.98. The normalized spacial score (nSPS) is 10.5. The molecular formula is C20H23N3O3. The summed E-state index contributed by atoms with van der Waals surface area (Å²) >= 11 is 0. The highest BCUT2D eigenvalue weighted by atomic mass is 16.5. The summed E-state index contributed by atoms with van der Waals surface area (Å²) in [5, 5.41) is 5.36. The van der Waals surface area contributed by atoms with Crippen molar-refractivity contribution in [1.82, 2.24) is 10.3 Å². The Labute approximate surface area is 153 Å². The van der Waals surface area contributed by atoms with Gasteiger partial charge in [-0.3, -0.25) is 4.79 Å². The number of nitrogens with one attached hydrogen (secondary N) is 2. The van der Waals surface area contributed by atoms with E-state index in [4.69, 9.17) is 4.74 Å². The number of amides is 2. The van der Waals surface area contributed by atoms with Gasteiger partial charge in [0.05, 0.1) is 0 Å². The monoisotopic (exact) mass is 353 g/mol. The van der Waals surface area contributed by atoms with Crippen LogP contribution in [0.15, 0.2) is 48.5 Å². The molecule has 1 heterocycles. The summed E-state index contributed by atoms with van der Waals surface area (Å²) < 4.78 is 5.14. The van der Waals surface area contributed by atoms with Crippen molar-refractivity contribution in [3.8, 4) is 0 Å². The average molecular weight is 353 g/mol. The van der Waals surface area contributed by atoms with E-state index in [2.05, 4.69) is 15.6 Å². The summed E-state index contributed by atoms with van der Waals surface area (Å²) in [6.45, 7) is 4.07. The number of hydrogen-bond donors (Lipinski definition) is 2. The topological polar surface area (TPSA) is 80.3 Å². The third kappa shape index (κ3) is 6.76. The lowest BCUT2D eigenvalue weighted by atomic mass is 10.2. The number of anilines is 1. The predicted octanol–water partition coefficient (Wildman–Crippen LogP) is 3.68. The van der Waals surface area contributed by atoms with Crippen LogP contribution in [0, 0.1) is 6.92 Å². The minimum atomic E-state index is -0.431. The highest BCUT2D eigenvalue weighted by Gasteiger charge is 2.02. The molecule has 2 amide bonds. The lowest BCUT2D eigenvalue weighted by Gasteiger charge is -2.06. The van der Waals surface area contributed by atoms with Crippen molar-refractivity contribution in [2.24, 2.45) is 0 Å². The largest absolute Gasteiger partial charge is 0.445 e. The van der Waals surface area contributed by atoms with Crippen LogP contribution in [-0.4, -0.2) is 23.5 Å². The number of aryl methyl sites for hydroxylation is 1. The van der Waals surface area contributed by atoms with Crippen molar-refractivity contribution in [3.63, 3.8) is 0 Å². The van der Waals surface area contributed by atoms with Gasteiger partial charge in [-0.1, -0.05) is 42.5 Å². The van der Waals surface area contributed by atoms with Gasteiger partial charge < -0.3 is 15.4 Å². The maximum atomic E-state index is 11.6. The van der Waals surface area contributed by atoms with E-state index < -0.39 is 6.09 Å². The smallest absolute Gasteiger partial charge is 0.407 e. The molecule has 26 heavy (non-hydrogen) atoms. The molecule has 2 N–H and O–H groups in total. The van der Waals surface area contributed by atoms with Gasteiger partial charge in [0.15, 0.2) is 0 Å². The molecule has 0 aliphatic rings. The summed E-state index contributed by atoms with van der Waals surface area (Å²) in [6.07, 6.45) is 4.14. The molecule has 0 saturated carbocycles. The first-order valence-electron chi connectivity index (χ1n) is 8.41. The van der Waals surface area contributed by atoms with Crippen molar-refractivity contribution in [3.05, 3.63) is 65.4 Å². The predicted molar refractivity (Wildman–Crippen MR) is 102 cm³/mol. The molecule has 0 aliphatic heterocycles. The van der Waals surface area contributed by atoms with Crippen LogP contribution in [0.2, 0.25) is 0 Å². The van der Waals surface area contributed by atoms with Crippen molar-refractivity contribution < 1.29 is 14.3 Å². The van der Waals surface area contributed by atoms with E-state index >= 15 is 0 Å². The Morgan fingerprint density at radius 1 is 1.15 bits per heavy atom. The Bertz CT molecular complexity index is 773. The van der Waals surface area contributed by atoms with Gasteiger partial charge in [0.2, 0.25) is 5.91 Å². The summed E-state index contributed by atoms with van der Waals surface area (Å²) in [4.78, 5) is 27.0. The van der Waals surface area contributed by atoms with Crippen LogP contribution in [0.1, 0.15) is 30.2 Å². The zero-order valence-electron chi connectivity index (χ0n) is 15.0. The van der Waals surface area contributed by atoms with E-state index in [0.717, 1.165) is 16.8 Å². The van der Waals surface area contributed by atoms with Crippen LogP contribution < -0.4 is 10.6 Å². The van der Waals surface area contributed by atoms with Crippen LogP contribution >= 0.6 is 0 Å². The summed E-state index contributed by atoms with van der Waals surface area (Å²) in [5.74, 6) is 0.389. The fourth-order valence-electron chi connectivity index (χ4n) is 2.24. The Balaban J connectivity index is 1.70. The molecular weight excluding hydrogens is 330 g/mol. The number of benzene rings is 1. The molecule has 0 saturated heterocycles. The van der Waals surface area contributed by atoms with E-state index in [-0.39, 0.29) is 12.5 Å². The quantitative estimate of drug-likeness (QED) is 0.744. The zero-order valence-corrected chi connectivity index (χ0v) is 15.0. The number of rotatable bonds is 7. The van der Waals surface area contributed by atoms with E-state index in [1.807, 2.05) is 55.5 Å². The molecule has 2 aromatic rings. The Kier molecular flexibility index (Phi) is 7.36. The van der Waals surface area contributed by atoms with Crippen LogP contribution in [0.5, 0.6) is 0 Å². The summed E-state index contributed by atoms with van der Waals surface area (Å²) in [6, 6.07) is 13.2. The lowest BCUT2D eigenvalue weighted by molar-refractivity contribution is -0.114. The molecule has 136 valence electrons. The van der Waals surface area contributed by atoms with Gasteiger partial charge in [-0.2, -0.15) is 0 Å². The van der Waals surface area contributed by atoms with Gasteiger partial charge in [-0.05, 0) is 36.6 Å². The van der Waals surface area contributed by atoms with Crippen LogP contribution in [0.3, 0.4) is 0 Å². The number of ether oxygens (including phenoxy) is 1. The van der Waals surface area contributed by atoms with Crippen molar-refractivity contribution in [1.29, 1.82) is 0 Å². The van der Waals surface area contributed by atoms with Crippen LogP contribution in [-0.2, 0) is 16.1 Å². The third-order valence-electron chi connectivity index (χ3n) is 3.52. The Hall–Kier alpha value is -3.15. The number of hydrogen-bond acceptors (Lipinski definition) is 4. The highest BCUT2D eigenvalue weighted by molar-refractivity contribution is 5.87. The SMILES string of the molecule is CC(=O)Nc1ccc(C=CCCNC(=O)OCc2ccccc2)c(C)n1. The highest BCUT2D eigenvalue weighted by Crippen LogP contribution is 2.12. The fourth-order valence-corrected chi connectivity index (χ4v) is 2.24. The molecule has 0 spiro atoms. The second-order valence-corrected chi connectivity index (χ2v) is 5.73. The van der Waals surface area contributed by atoms with Crippen molar-refractivity contribution >= 4 is 23.9 Å². The van der Waals surface area contributed by atoms with Gasteiger partial charge in [-0.25, -0.2) is 9.78 Å². The number of pyridine rings is 1. The minimum Gasteiger partial charge on any atom is -0.445 e. The van der Waals surface area contributed by atoms with Crippen molar-refractivity contribution in [2.75, 3.05) is 11.9 Å². The molecule has 0 fully saturated rings. The Morgan fingerprint density at radius 3 is 2.62 bits per heavy atom. The first kappa shape index (κ1) is 19.2. The molecule has 0 bridgehead atoms. The standard InChI is InChI=1S/C20H23N3O3/c1-15-18(11-12-19(22-15)23-16(2)24)10-6-7-13-21-20(25)26-14-17-8-4-3-5-9-17/h3-6,8-12H,7,13-14H2,1-2H3,(H,21,25)(H,22,23,24). The van der Waals surface area contributed by atoms with Gasteiger partial charge in [0.25, 0.3) is 0 Å². The van der Waals surface area contributed by atoms with Crippen LogP contribution in [0.25, 0.3) is 6.08 Å². The average Bonchev–Trinajstić information content (AvgIpc) is 2.61. The van der Waals surface area contributed by atoms with Gasteiger partial charge in [0, 0.05) is 19.2 Å². The number of carbonyl (C=O) groups is 2. The van der Waals surface area contributed by atoms with E-state index in [9.17, 15) is 9.59 Å². The number of aromatic nitrogens is 1. The minimum absolute atomic E-state index is 0.148. The maximum Gasteiger partial charge on any atom is 0.407 e. The second-order valence-electron chi connectivity index (χ2n) is 5.73. The first-order chi connectivity index (χ1) is 12.5.